The molecule has 1 aliphatic carbocycles. The van der Waals surface area contributed by atoms with Gasteiger partial charge in [0.15, 0.2) is 5.78 Å². The summed E-state index contributed by atoms with van der Waals surface area (Å²) in [6, 6.07) is 7.37. The number of nitrogens with one attached hydrogen (secondary N) is 1. The van der Waals surface area contributed by atoms with Crippen molar-refractivity contribution >= 4 is 81.2 Å². The van der Waals surface area contributed by atoms with E-state index >= 15 is 0 Å². The monoisotopic (exact) mass is 671 g/mol. The molecular formula is C27H15Cl5F5NO3. The van der Waals surface area contributed by atoms with E-state index in [0.29, 0.717) is 11.6 Å². The Labute approximate surface area is 254 Å². The van der Waals surface area contributed by atoms with Crippen LogP contribution in [-0.2, 0) is 22.4 Å². The van der Waals surface area contributed by atoms with Gasteiger partial charge in [-0.3, -0.25) is 14.4 Å². The van der Waals surface area contributed by atoms with Crippen molar-refractivity contribution in [3.05, 3.63) is 97.2 Å². The Balaban J connectivity index is 1.53. The van der Waals surface area contributed by atoms with Gasteiger partial charge < -0.3 is 5.32 Å². The summed E-state index contributed by atoms with van der Waals surface area (Å²) < 4.78 is 67.3. The number of rotatable bonds is 9. The van der Waals surface area contributed by atoms with E-state index in [1.165, 1.54) is 12.1 Å². The summed E-state index contributed by atoms with van der Waals surface area (Å²) in [7, 11) is 0. The normalized spacial score (nSPS) is 17.4. The lowest BCUT2D eigenvalue weighted by atomic mass is 9.97. The number of anilines is 1. The van der Waals surface area contributed by atoms with Crippen LogP contribution in [-0.4, -0.2) is 28.2 Å². The van der Waals surface area contributed by atoms with E-state index in [4.69, 9.17) is 58.0 Å². The van der Waals surface area contributed by atoms with Crippen molar-refractivity contribution in [2.75, 3.05) is 5.32 Å². The van der Waals surface area contributed by atoms with Gasteiger partial charge in [-0.05, 0) is 47.5 Å². The Morgan fingerprint density at radius 2 is 1.49 bits per heavy atom. The lowest BCUT2D eigenvalue weighted by molar-refractivity contribution is -0.128. The molecule has 0 bridgehead atoms. The van der Waals surface area contributed by atoms with Crippen LogP contribution in [0.1, 0.15) is 33.0 Å². The molecule has 0 radical (unpaired) electrons. The fraction of sp³-hybridized carbons (Fsp3) is 0.222. The topological polar surface area (TPSA) is 63.2 Å². The van der Waals surface area contributed by atoms with Crippen molar-refractivity contribution in [2.24, 2.45) is 5.92 Å². The van der Waals surface area contributed by atoms with E-state index in [9.17, 15) is 36.3 Å². The predicted octanol–water partition coefficient (Wildman–Crippen LogP) is 8.39. The molecule has 2 atom stereocenters. The van der Waals surface area contributed by atoms with Crippen LogP contribution in [0.4, 0.5) is 27.6 Å². The van der Waals surface area contributed by atoms with Crippen LogP contribution in [0, 0.1) is 23.4 Å². The molecule has 216 valence electrons. The second-order valence-electron chi connectivity index (χ2n) is 9.16. The van der Waals surface area contributed by atoms with E-state index in [2.05, 4.69) is 5.32 Å². The zero-order valence-electron chi connectivity index (χ0n) is 20.2. The standard InChI is InChI=1S/C27H15Cl5F5NO3/c28-15-5-11(6-16(29)23(15)30)21-22(27(21,31)32)26(41)38-12-2-4-17(33)13(8-12)19(39)9-14-18(34)3-1-10(24(14)35)7-20(40)25(36)37/h1-6,8,21-22,25H,7,9H2,(H,38,41)/t21-,22+/m0/s1. The Morgan fingerprint density at radius 1 is 0.878 bits per heavy atom. The number of alkyl halides is 4. The number of ketones is 2. The number of hydrogen-bond donors (Lipinski definition) is 1. The summed E-state index contributed by atoms with van der Waals surface area (Å²) in [4.78, 5) is 37.2. The molecule has 0 aromatic heterocycles. The molecule has 4 nitrogen and oxygen atoms in total. The van der Waals surface area contributed by atoms with Gasteiger partial charge in [0.1, 0.15) is 21.8 Å². The summed E-state index contributed by atoms with van der Waals surface area (Å²) in [5.74, 6) is -8.76. The fourth-order valence-corrected chi connectivity index (χ4v) is 5.77. The predicted molar refractivity (Wildman–Crippen MR) is 146 cm³/mol. The maximum absolute atomic E-state index is 14.8. The van der Waals surface area contributed by atoms with Gasteiger partial charge in [0.05, 0.1) is 26.5 Å². The molecule has 14 heteroatoms. The molecule has 41 heavy (non-hydrogen) atoms. The van der Waals surface area contributed by atoms with Gasteiger partial charge in [-0.15, -0.1) is 23.2 Å². The third-order valence-electron chi connectivity index (χ3n) is 6.45. The Kier molecular flexibility index (Phi) is 9.26. The van der Waals surface area contributed by atoms with Gasteiger partial charge in [-0.1, -0.05) is 40.9 Å². The van der Waals surface area contributed by atoms with Gasteiger partial charge in [0.25, 0.3) is 6.43 Å². The first-order valence-corrected chi connectivity index (χ1v) is 13.4. The fourth-order valence-electron chi connectivity index (χ4n) is 4.32. The number of benzene rings is 3. The van der Waals surface area contributed by atoms with Crippen LogP contribution in [0.15, 0.2) is 42.5 Å². The molecule has 0 saturated heterocycles. The Hall–Kier alpha value is -2.43. The lowest BCUT2D eigenvalue weighted by Gasteiger charge is -2.11. The Bertz CT molecular complexity index is 1560. The van der Waals surface area contributed by atoms with Gasteiger partial charge >= 0.3 is 0 Å². The van der Waals surface area contributed by atoms with Crippen LogP contribution in [0.25, 0.3) is 0 Å². The first-order valence-electron chi connectivity index (χ1n) is 11.6. The van der Waals surface area contributed by atoms with Crippen LogP contribution in [0.5, 0.6) is 0 Å². The number of halogens is 10. The second-order valence-corrected chi connectivity index (χ2v) is 11.8. The minimum atomic E-state index is -3.37. The smallest absolute Gasteiger partial charge is 0.296 e. The average Bonchev–Trinajstić information content (AvgIpc) is 3.49. The summed E-state index contributed by atoms with van der Waals surface area (Å²) in [5, 5.41) is 2.81. The van der Waals surface area contributed by atoms with E-state index in [-0.39, 0.29) is 20.8 Å². The minimum absolute atomic E-state index is 0.0565. The van der Waals surface area contributed by atoms with Crippen molar-refractivity contribution in [3.8, 4) is 0 Å². The van der Waals surface area contributed by atoms with E-state index in [1.807, 2.05) is 0 Å². The highest BCUT2D eigenvalue weighted by Crippen LogP contribution is 2.65. The minimum Gasteiger partial charge on any atom is -0.326 e. The van der Waals surface area contributed by atoms with E-state index < -0.39 is 87.1 Å². The van der Waals surface area contributed by atoms with Crippen molar-refractivity contribution in [1.82, 2.24) is 0 Å². The number of Topliss-reactive ketones (excluding diaryl/α,β-unsaturated/α-hetero) is 2. The van der Waals surface area contributed by atoms with Crippen LogP contribution < -0.4 is 5.32 Å². The maximum atomic E-state index is 14.8. The largest absolute Gasteiger partial charge is 0.326 e. The average molecular weight is 674 g/mol. The molecule has 1 fully saturated rings. The zero-order valence-corrected chi connectivity index (χ0v) is 24.0. The molecule has 3 aromatic rings. The third-order valence-corrected chi connectivity index (χ3v) is 8.58. The second kappa shape index (κ2) is 12.1. The number of hydrogen-bond acceptors (Lipinski definition) is 3. The van der Waals surface area contributed by atoms with Crippen LogP contribution in [0.3, 0.4) is 0 Å². The molecule has 4 rings (SSSR count). The summed E-state index contributed by atoms with van der Waals surface area (Å²) >= 11 is 30.8. The van der Waals surface area contributed by atoms with Gasteiger partial charge in [-0.25, -0.2) is 22.0 Å². The molecule has 1 amide bonds. The van der Waals surface area contributed by atoms with Crippen LogP contribution in [0.2, 0.25) is 15.1 Å². The molecule has 1 saturated carbocycles. The highest BCUT2D eigenvalue weighted by Gasteiger charge is 2.67. The third kappa shape index (κ3) is 6.49. The SMILES string of the molecule is O=C(Cc1c(F)ccc(CC(=O)C(F)F)c1F)c1cc(NC(=O)[C@H]2[C@H](c3cc(Cl)c(Cl)c(Cl)c3)C2(Cl)Cl)ccc1F. The molecule has 0 spiro atoms. The van der Waals surface area contributed by atoms with Crippen molar-refractivity contribution in [1.29, 1.82) is 0 Å². The first-order chi connectivity index (χ1) is 19.1. The van der Waals surface area contributed by atoms with Gasteiger partial charge in [-0.2, -0.15) is 0 Å². The van der Waals surface area contributed by atoms with Crippen molar-refractivity contribution in [2.45, 2.75) is 29.5 Å². The Morgan fingerprint density at radius 3 is 2.10 bits per heavy atom. The summed E-state index contributed by atoms with van der Waals surface area (Å²) in [5.41, 5.74) is -1.63. The highest BCUT2D eigenvalue weighted by atomic mass is 35.5. The molecule has 0 aliphatic heterocycles. The number of carbonyl (C=O) groups is 3. The van der Waals surface area contributed by atoms with Gasteiger partial charge in [0, 0.05) is 30.0 Å². The zero-order chi connectivity index (χ0) is 30.4. The molecule has 1 N–H and O–H groups in total. The molecular weight excluding hydrogens is 659 g/mol. The van der Waals surface area contributed by atoms with Crippen molar-refractivity contribution in [3.63, 3.8) is 0 Å². The maximum Gasteiger partial charge on any atom is 0.296 e. The number of carbonyl (C=O) groups excluding carboxylic acids is 3. The quantitative estimate of drug-likeness (QED) is 0.107. The molecule has 0 unspecified atom stereocenters. The van der Waals surface area contributed by atoms with Crippen LogP contribution >= 0.6 is 58.0 Å². The van der Waals surface area contributed by atoms with E-state index in [1.54, 1.807) is 0 Å². The van der Waals surface area contributed by atoms with E-state index in [0.717, 1.165) is 24.3 Å². The molecule has 3 aromatic carbocycles. The molecule has 1 aliphatic rings. The highest BCUT2D eigenvalue weighted by molar-refractivity contribution is 6.54. The number of amides is 1. The lowest BCUT2D eigenvalue weighted by Crippen LogP contribution is -2.18. The molecule has 0 heterocycles. The van der Waals surface area contributed by atoms with Gasteiger partial charge in [0.2, 0.25) is 11.7 Å². The first kappa shape index (κ1) is 31.5. The summed E-state index contributed by atoms with van der Waals surface area (Å²) in [6.07, 6.45) is -5.40. The summed E-state index contributed by atoms with van der Waals surface area (Å²) in [6.45, 7) is 0. The van der Waals surface area contributed by atoms with Crippen molar-refractivity contribution < 1.29 is 36.3 Å².